The summed E-state index contributed by atoms with van der Waals surface area (Å²) >= 11 is 0. The minimum atomic E-state index is -0.729. The van der Waals surface area contributed by atoms with Gasteiger partial charge in [-0.1, -0.05) is 6.92 Å². The SMILES string of the molecule is CCC1(C)CC(NCC(C)S(C)=O)CCO1. The van der Waals surface area contributed by atoms with E-state index < -0.39 is 10.8 Å². The maximum Gasteiger partial charge on any atom is 0.0666 e. The Balaban J connectivity index is 2.35. The van der Waals surface area contributed by atoms with Gasteiger partial charge in [-0.05, 0) is 33.1 Å². The van der Waals surface area contributed by atoms with E-state index in [9.17, 15) is 4.21 Å². The summed E-state index contributed by atoms with van der Waals surface area (Å²) in [5, 5.41) is 3.75. The summed E-state index contributed by atoms with van der Waals surface area (Å²) in [7, 11) is -0.729. The van der Waals surface area contributed by atoms with Gasteiger partial charge in [0, 0.05) is 41.5 Å². The Labute approximate surface area is 102 Å². The molecule has 1 aliphatic rings. The summed E-state index contributed by atoms with van der Waals surface area (Å²) in [5.74, 6) is 0. The highest BCUT2D eigenvalue weighted by Crippen LogP contribution is 2.27. The van der Waals surface area contributed by atoms with Crippen molar-refractivity contribution in [2.75, 3.05) is 19.4 Å². The molecule has 0 aliphatic carbocycles. The molecule has 0 aromatic rings. The summed E-state index contributed by atoms with van der Waals surface area (Å²) in [5.41, 5.74) is 0.0323. The van der Waals surface area contributed by atoms with Crippen molar-refractivity contribution >= 4 is 10.8 Å². The van der Waals surface area contributed by atoms with Crippen LogP contribution in [0.4, 0.5) is 0 Å². The van der Waals surface area contributed by atoms with Crippen LogP contribution in [-0.4, -0.2) is 40.5 Å². The lowest BCUT2D eigenvalue weighted by Gasteiger charge is -2.38. The number of ether oxygens (including phenoxy) is 1. The second-order valence-corrected chi connectivity index (χ2v) is 6.86. The Hall–Kier alpha value is 0.0700. The van der Waals surface area contributed by atoms with Gasteiger partial charge in [-0.3, -0.25) is 4.21 Å². The molecule has 0 radical (unpaired) electrons. The first-order valence-corrected chi connectivity index (χ1v) is 7.78. The van der Waals surface area contributed by atoms with Crippen LogP contribution in [0, 0.1) is 0 Å². The van der Waals surface area contributed by atoms with E-state index in [1.54, 1.807) is 6.26 Å². The molecule has 4 heteroatoms. The molecule has 1 saturated heterocycles. The highest BCUT2D eigenvalue weighted by molar-refractivity contribution is 7.84. The zero-order chi connectivity index (χ0) is 12.2. The molecule has 1 N–H and O–H groups in total. The highest BCUT2D eigenvalue weighted by atomic mass is 32.2. The van der Waals surface area contributed by atoms with Gasteiger partial charge in [0.2, 0.25) is 0 Å². The average Bonchev–Trinajstić information content (AvgIpc) is 2.26. The Morgan fingerprint density at radius 3 is 2.88 bits per heavy atom. The average molecular weight is 247 g/mol. The lowest BCUT2D eigenvalue weighted by atomic mass is 9.90. The summed E-state index contributed by atoms with van der Waals surface area (Å²) in [6.45, 7) is 8.06. The molecule has 1 fully saturated rings. The molecule has 0 aromatic carbocycles. The second kappa shape index (κ2) is 6.12. The minimum absolute atomic E-state index is 0.0323. The Kier molecular flexibility index (Phi) is 5.41. The summed E-state index contributed by atoms with van der Waals surface area (Å²) in [6, 6.07) is 0.518. The third-order valence-corrected chi connectivity index (χ3v) is 4.90. The third-order valence-electron chi connectivity index (χ3n) is 3.60. The van der Waals surface area contributed by atoms with Gasteiger partial charge >= 0.3 is 0 Å². The molecule has 0 saturated carbocycles. The monoisotopic (exact) mass is 247 g/mol. The van der Waals surface area contributed by atoms with Crippen LogP contribution in [0.2, 0.25) is 0 Å². The largest absolute Gasteiger partial charge is 0.375 e. The Morgan fingerprint density at radius 1 is 1.62 bits per heavy atom. The Bertz CT molecular complexity index is 247. The van der Waals surface area contributed by atoms with Gasteiger partial charge < -0.3 is 10.1 Å². The van der Waals surface area contributed by atoms with E-state index >= 15 is 0 Å². The van der Waals surface area contributed by atoms with Gasteiger partial charge in [0.05, 0.1) is 5.60 Å². The van der Waals surface area contributed by atoms with Crippen LogP contribution in [0.25, 0.3) is 0 Å². The fourth-order valence-corrected chi connectivity index (χ4v) is 2.33. The van der Waals surface area contributed by atoms with E-state index in [0.29, 0.717) is 6.04 Å². The number of hydrogen-bond donors (Lipinski definition) is 1. The number of rotatable bonds is 5. The van der Waals surface area contributed by atoms with Crippen LogP contribution in [-0.2, 0) is 15.5 Å². The number of nitrogens with one attached hydrogen (secondary N) is 1. The summed E-state index contributed by atoms with van der Waals surface area (Å²) in [6.07, 6.45) is 4.96. The quantitative estimate of drug-likeness (QED) is 0.803. The van der Waals surface area contributed by atoms with E-state index in [4.69, 9.17) is 4.74 Å². The molecular weight excluding hydrogens is 222 g/mol. The topological polar surface area (TPSA) is 38.3 Å². The molecular formula is C12H25NO2S. The highest BCUT2D eigenvalue weighted by Gasteiger charge is 2.31. The van der Waals surface area contributed by atoms with Gasteiger partial charge in [0.15, 0.2) is 0 Å². The molecule has 1 heterocycles. The zero-order valence-electron chi connectivity index (χ0n) is 10.9. The van der Waals surface area contributed by atoms with Crippen molar-refractivity contribution in [3.63, 3.8) is 0 Å². The van der Waals surface area contributed by atoms with Crippen molar-refractivity contribution in [2.24, 2.45) is 0 Å². The first kappa shape index (κ1) is 14.1. The Morgan fingerprint density at radius 2 is 2.31 bits per heavy atom. The first-order valence-electron chi connectivity index (χ1n) is 6.16. The van der Waals surface area contributed by atoms with Crippen molar-refractivity contribution < 1.29 is 8.95 Å². The van der Waals surface area contributed by atoms with Crippen molar-refractivity contribution in [1.29, 1.82) is 0 Å². The van der Waals surface area contributed by atoms with Gasteiger partial charge in [-0.2, -0.15) is 0 Å². The molecule has 0 amide bonds. The number of hydrogen-bond acceptors (Lipinski definition) is 3. The molecule has 1 aliphatic heterocycles. The smallest absolute Gasteiger partial charge is 0.0666 e. The van der Waals surface area contributed by atoms with Crippen LogP contribution in [0.3, 0.4) is 0 Å². The van der Waals surface area contributed by atoms with E-state index in [1.807, 2.05) is 6.92 Å². The van der Waals surface area contributed by atoms with Gasteiger partial charge in [-0.25, -0.2) is 0 Å². The van der Waals surface area contributed by atoms with Crippen molar-refractivity contribution in [1.82, 2.24) is 5.32 Å². The molecule has 16 heavy (non-hydrogen) atoms. The fraction of sp³-hybridized carbons (Fsp3) is 1.00. The zero-order valence-corrected chi connectivity index (χ0v) is 11.7. The molecule has 1 rings (SSSR count). The predicted octanol–water partition coefficient (Wildman–Crippen LogP) is 1.69. The van der Waals surface area contributed by atoms with E-state index in [0.717, 1.165) is 32.4 Å². The van der Waals surface area contributed by atoms with Crippen molar-refractivity contribution in [3.05, 3.63) is 0 Å². The van der Waals surface area contributed by atoms with Gasteiger partial charge in [-0.15, -0.1) is 0 Å². The van der Waals surface area contributed by atoms with Crippen LogP contribution in [0.1, 0.15) is 40.0 Å². The molecule has 4 unspecified atom stereocenters. The molecule has 0 aromatic heterocycles. The second-order valence-electron chi connectivity index (χ2n) is 5.06. The van der Waals surface area contributed by atoms with Crippen LogP contribution in [0.5, 0.6) is 0 Å². The van der Waals surface area contributed by atoms with Gasteiger partial charge in [0.25, 0.3) is 0 Å². The van der Waals surface area contributed by atoms with E-state index in [2.05, 4.69) is 19.2 Å². The van der Waals surface area contributed by atoms with E-state index in [1.165, 1.54) is 0 Å². The molecule has 0 bridgehead atoms. The van der Waals surface area contributed by atoms with Gasteiger partial charge in [0.1, 0.15) is 0 Å². The minimum Gasteiger partial charge on any atom is -0.375 e. The molecule has 4 atom stereocenters. The normalized spacial score (nSPS) is 34.6. The maximum atomic E-state index is 11.2. The summed E-state index contributed by atoms with van der Waals surface area (Å²) < 4.78 is 17.0. The third kappa shape index (κ3) is 4.15. The first-order chi connectivity index (χ1) is 7.47. The van der Waals surface area contributed by atoms with Crippen molar-refractivity contribution in [3.8, 4) is 0 Å². The fourth-order valence-electron chi connectivity index (χ4n) is 2.00. The standard InChI is InChI=1S/C12H25NO2S/c1-5-12(3)8-11(6-7-15-12)13-9-10(2)16(4)14/h10-11,13H,5-9H2,1-4H3. The summed E-state index contributed by atoms with van der Waals surface area (Å²) in [4.78, 5) is 0. The van der Waals surface area contributed by atoms with Crippen LogP contribution in [0.15, 0.2) is 0 Å². The van der Waals surface area contributed by atoms with Crippen LogP contribution >= 0.6 is 0 Å². The maximum absolute atomic E-state index is 11.2. The predicted molar refractivity (Wildman–Crippen MR) is 69.2 cm³/mol. The van der Waals surface area contributed by atoms with Crippen molar-refractivity contribution in [2.45, 2.75) is 56.9 Å². The molecule has 0 spiro atoms. The van der Waals surface area contributed by atoms with E-state index in [-0.39, 0.29) is 10.9 Å². The lowest BCUT2D eigenvalue weighted by molar-refractivity contribution is -0.0778. The van der Waals surface area contributed by atoms with Crippen LogP contribution < -0.4 is 5.32 Å². The lowest BCUT2D eigenvalue weighted by Crippen LogP contribution is -2.46. The molecule has 3 nitrogen and oxygen atoms in total. The molecule has 96 valence electrons.